The number of benzene rings is 1. The number of ether oxygens (including phenoxy) is 2. The van der Waals surface area contributed by atoms with Crippen molar-refractivity contribution in [1.82, 2.24) is 0 Å². The zero-order chi connectivity index (χ0) is 15.2. The summed E-state index contributed by atoms with van der Waals surface area (Å²) >= 11 is 0. The van der Waals surface area contributed by atoms with Gasteiger partial charge in [-0.3, -0.25) is 0 Å². The van der Waals surface area contributed by atoms with E-state index in [1.807, 2.05) is 6.07 Å². The van der Waals surface area contributed by atoms with Gasteiger partial charge < -0.3 is 9.47 Å². The molecule has 0 aliphatic heterocycles. The van der Waals surface area contributed by atoms with Gasteiger partial charge in [0.2, 0.25) is 0 Å². The van der Waals surface area contributed by atoms with Gasteiger partial charge in [-0.15, -0.1) is 0 Å². The van der Waals surface area contributed by atoms with E-state index in [4.69, 9.17) is 9.47 Å². The predicted octanol–water partition coefficient (Wildman–Crippen LogP) is 5.71. The summed E-state index contributed by atoms with van der Waals surface area (Å²) in [4.78, 5) is 0. The van der Waals surface area contributed by atoms with Crippen LogP contribution in [-0.2, 0) is 16.1 Å². The van der Waals surface area contributed by atoms with Crippen molar-refractivity contribution in [2.45, 2.75) is 78.1 Å². The predicted molar refractivity (Wildman–Crippen MR) is 89.3 cm³/mol. The Morgan fingerprint density at radius 3 is 2.24 bits per heavy atom. The Kier molecular flexibility index (Phi) is 11.1. The third-order valence-electron chi connectivity index (χ3n) is 3.62. The lowest BCUT2D eigenvalue weighted by Crippen LogP contribution is -2.18. The van der Waals surface area contributed by atoms with Crippen molar-refractivity contribution in [1.29, 1.82) is 0 Å². The summed E-state index contributed by atoms with van der Waals surface area (Å²) in [6.45, 7) is 5.93. The number of hydrogen-bond donors (Lipinski definition) is 0. The molecular weight excluding hydrogens is 260 g/mol. The monoisotopic (exact) mass is 292 g/mol. The lowest BCUT2D eigenvalue weighted by molar-refractivity contribution is -0.154. The summed E-state index contributed by atoms with van der Waals surface area (Å²) in [7, 11) is 0. The molecule has 0 aromatic heterocycles. The van der Waals surface area contributed by atoms with Crippen molar-refractivity contribution in [2.75, 3.05) is 6.61 Å². The number of rotatable bonds is 13. The lowest BCUT2D eigenvalue weighted by atomic mass is 10.2. The number of hydrogen-bond acceptors (Lipinski definition) is 2. The highest BCUT2D eigenvalue weighted by Crippen LogP contribution is 2.12. The van der Waals surface area contributed by atoms with Crippen molar-refractivity contribution in [2.24, 2.45) is 0 Å². The van der Waals surface area contributed by atoms with Gasteiger partial charge >= 0.3 is 0 Å². The third kappa shape index (κ3) is 9.65. The first-order valence-corrected chi connectivity index (χ1v) is 8.64. The molecule has 1 aromatic carbocycles. The van der Waals surface area contributed by atoms with Gasteiger partial charge in [-0.2, -0.15) is 0 Å². The molecule has 1 aromatic rings. The molecule has 0 aliphatic rings. The van der Waals surface area contributed by atoms with E-state index in [0.29, 0.717) is 6.61 Å². The summed E-state index contributed by atoms with van der Waals surface area (Å²) in [5.41, 5.74) is 1.22. The highest BCUT2D eigenvalue weighted by Gasteiger charge is 2.09. The van der Waals surface area contributed by atoms with E-state index in [1.54, 1.807) is 0 Å². The average molecular weight is 292 g/mol. The molecule has 0 spiro atoms. The van der Waals surface area contributed by atoms with Crippen LogP contribution in [0.25, 0.3) is 0 Å². The molecule has 0 saturated heterocycles. The van der Waals surface area contributed by atoms with Crippen molar-refractivity contribution in [3.05, 3.63) is 35.9 Å². The van der Waals surface area contributed by atoms with Gasteiger partial charge in [0.25, 0.3) is 0 Å². The Balaban J connectivity index is 2.26. The Morgan fingerprint density at radius 2 is 1.52 bits per heavy atom. The van der Waals surface area contributed by atoms with Crippen LogP contribution >= 0.6 is 0 Å². The normalized spacial score (nSPS) is 12.5. The fraction of sp³-hybridized carbons (Fsp3) is 0.684. The van der Waals surface area contributed by atoms with Crippen LogP contribution in [0.1, 0.15) is 70.8 Å². The van der Waals surface area contributed by atoms with Crippen LogP contribution in [0, 0.1) is 0 Å². The molecule has 0 radical (unpaired) electrons. The highest BCUT2D eigenvalue weighted by atomic mass is 16.7. The maximum atomic E-state index is 5.96. The molecule has 0 saturated carbocycles. The first-order valence-electron chi connectivity index (χ1n) is 8.64. The van der Waals surface area contributed by atoms with E-state index in [0.717, 1.165) is 19.4 Å². The van der Waals surface area contributed by atoms with E-state index in [2.05, 4.69) is 38.1 Å². The van der Waals surface area contributed by atoms with Crippen LogP contribution in [0.3, 0.4) is 0 Å². The highest BCUT2D eigenvalue weighted by molar-refractivity contribution is 5.13. The Hall–Kier alpha value is -0.860. The zero-order valence-electron chi connectivity index (χ0n) is 13.9. The van der Waals surface area contributed by atoms with Gasteiger partial charge in [-0.1, -0.05) is 76.3 Å². The first kappa shape index (κ1) is 18.2. The third-order valence-corrected chi connectivity index (χ3v) is 3.62. The molecule has 120 valence electrons. The smallest absolute Gasteiger partial charge is 0.158 e. The Labute approximate surface area is 130 Å². The van der Waals surface area contributed by atoms with E-state index in [-0.39, 0.29) is 6.29 Å². The second kappa shape index (κ2) is 12.8. The molecule has 0 aliphatic carbocycles. The minimum atomic E-state index is -0.0432. The average Bonchev–Trinajstić information content (AvgIpc) is 2.53. The molecular formula is C19H32O2. The van der Waals surface area contributed by atoms with E-state index in [1.165, 1.54) is 44.1 Å². The molecule has 0 fully saturated rings. The van der Waals surface area contributed by atoms with Crippen molar-refractivity contribution < 1.29 is 9.47 Å². The van der Waals surface area contributed by atoms with Crippen LogP contribution in [0.15, 0.2) is 30.3 Å². The van der Waals surface area contributed by atoms with Gasteiger partial charge in [0.1, 0.15) is 0 Å². The topological polar surface area (TPSA) is 18.5 Å². The molecule has 0 bridgehead atoms. The van der Waals surface area contributed by atoms with Crippen LogP contribution < -0.4 is 0 Å². The molecule has 1 unspecified atom stereocenters. The van der Waals surface area contributed by atoms with E-state index in [9.17, 15) is 0 Å². The first-order chi connectivity index (χ1) is 10.4. The summed E-state index contributed by atoms with van der Waals surface area (Å²) < 4.78 is 11.9. The van der Waals surface area contributed by atoms with Crippen molar-refractivity contribution in [3.63, 3.8) is 0 Å². The minimum absolute atomic E-state index is 0.0432. The second-order valence-electron chi connectivity index (χ2n) is 5.65. The largest absolute Gasteiger partial charge is 0.353 e. The molecule has 0 heterocycles. The fourth-order valence-corrected chi connectivity index (χ4v) is 2.28. The molecule has 1 atom stereocenters. The van der Waals surface area contributed by atoms with Crippen LogP contribution in [0.5, 0.6) is 0 Å². The van der Waals surface area contributed by atoms with Gasteiger partial charge in [-0.25, -0.2) is 0 Å². The summed E-state index contributed by atoms with van der Waals surface area (Å²) in [6, 6.07) is 10.3. The van der Waals surface area contributed by atoms with Crippen molar-refractivity contribution >= 4 is 0 Å². The number of unbranched alkanes of at least 4 members (excludes halogenated alkanes) is 5. The van der Waals surface area contributed by atoms with Crippen LogP contribution in [0.4, 0.5) is 0 Å². The zero-order valence-corrected chi connectivity index (χ0v) is 13.9. The van der Waals surface area contributed by atoms with E-state index >= 15 is 0 Å². The Bertz CT molecular complexity index is 324. The summed E-state index contributed by atoms with van der Waals surface area (Å²) in [5.74, 6) is 0. The second-order valence-corrected chi connectivity index (χ2v) is 5.65. The standard InChI is InChI=1S/C19H32O2/c1-3-5-7-12-16-20-19(15-9-6-4-2)21-17-18-13-10-8-11-14-18/h8,10-11,13-14,19H,3-7,9,12,15-17H2,1-2H3. The Morgan fingerprint density at radius 1 is 0.810 bits per heavy atom. The maximum absolute atomic E-state index is 5.96. The van der Waals surface area contributed by atoms with E-state index < -0.39 is 0 Å². The molecule has 21 heavy (non-hydrogen) atoms. The fourth-order valence-electron chi connectivity index (χ4n) is 2.28. The quantitative estimate of drug-likeness (QED) is 0.342. The SMILES string of the molecule is CCCCCCOC(CCCCC)OCc1ccccc1. The van der Waals surface area contributed by atoms with Crippen LogP contribution in [-0.4, -0.2) is 12.9 Å². The molecule has 0 N–H and O–H groups in total. The van der Waals surface area contributed by atoms with Gasteiger partial charge in [0, 0.05) is 6.61 Å². The van der Waals surface area contributed by atoms with Gasteiger partial charge in [-0.05, 0) is 24.8 Å². The maximum Gasteiger partial charge on any atom is 0.158 e. The molecule has 2 heteroatoms. The van der Waals surface area contributed by atoms with Gasteiger partial charge in [0.15, 0.2) is 6.29 Å². The summed E-state index contributed by atoms with van der Waals surface area (Å²) in [6.07, 6.45) is 9.62. The molecule has 2 nitrogen and oxygen atoms in total. The van der Waals surface area contributed by atoms with Gasteiger partial charge in [0.05, 0.1) is 6.61 Å². The minimum Gasteiger partial charge on any atom is -0.353 e. The summed E-state index contributed by atoms with van der Waals surface area (Å²) in [5, 5.41) is 0. The lowest BCUT2D eigenvalue weighted by Gasteiger charge is -2.19. The van der Waals surface area contributed by atoms with Crippen molar-refractivity contribution in [3.8, 4) is 0 Å². The molecule has 0 amide bonds. The van der Waals surface area contributed by atoms with Crippen LogP contribution in [0.2, 0.25) is 0 Å². The molecule has 1 rings (SSSR count).